The number of carbonyl (C=O) groups is 1. The van der Waals surface area contributed by atoms with Gasteiger partial charge in [-0.3, -0.25) is 19.9 Å². The summed E-state index contributed by atoms with van der Waals surface area (Å²) in [5.74, 6) is 0.567. The Labute approximate surface area is 235 Å². The maximum absolute atomic E-state index is 12.6. The number of H-pyrrole nitrogens is 2. The Morgan fingerprint density at radius 3 is 2.46 bits per heavy atom. The molecular weight excluding hydrogens is 510 g/mol. The molecule has 0 atom stereocenters. The number of nitrogens with zero attached hydrogens (tertiary/aromatic N) is 4. The van der Waals surface area contributed by atoms with E-state index in [4.69, 9.17) is 4.98 Å². The summed E-state index contributed by atoms with van der Waals surface area (Å²) in [4.78, 5) is 29.8. The number of hydrogen-bond donors (Lipinski definition) is 3. The first-order valence-corrected chi connectivity index (χ1v) is 13.3. The molecule has 0 radical (unpaired) electrons. The first-order valence-electron chi connectivity index (χ1n) is 13.3. The Hall–Kier alpha value is -5.63. The second-order valence-corrected chi connectivity index (χ2v) is 10.0. The van der Waals surface area contributed by atoms with Crippen LogP contribution < -0.4 is 5.32 Å². The Morgan fingerprint density at radius 1 is 0.805 bits per heavy atom. The molecule has 0 unspecified atom stereocenters. The van der Waals surface area contributed by atoms with Crippen LogP contribution in [0.25, 0.3) is 55.7 Å². The summed E-state index contributed by atoms with van der Waals surface area (Å²) in [5.41, 5.74) is 9.94. The number of aryl methyl sites for hydroxylation is 1. The predicted octanol–water partition coefficient (Wildman–Crippen LogP) is 6.72. The summed E-state index contributed by atoms with van der Waals surface area (Å²) in [6.45, 7) is 2.07. The lowest BCUT2D eigenvalue weighted by molar-refractivity contribution is -0.115. The van der Waals surface area contributed by atoms with Crippen LogP contribution >= 0.6 is 0 Å². The van der Waals surface area contributed by atoms with Gasteiger partial charge in [-0.15, -0.1) is 0 Å². The monoisotopic (exact) mass is 535 g/mol. The van der Waals surface area contributed by atoms with Crippen molar-refractivity contribution < 1.29 is 4.79 Å². The standard InChI is InChI=1S/C33H25N7O/c1-20-7-9-22(10-8-20)27-18-35-19-29-31(27)38-33(37-29)32-26-15-23(11-12-28(26)39-40-32)24-14-25(17-34-16-24)36-30(41)13-21-5-3-2-4-6-21/h2-12,14-19H,13H2,1H3,(H,36,41)(H,37,38)(H,39,40). The van der Waals surface area contributed by atoms with Crippen LogP contribution in [0.15, 0.2) is 104 Å². The van der Waals surface area contributed by atoms with E-state index in [1.54, 1.807) is 18.6 Å². The lowest BCUT2D eigenvalue weighted by Crippen LogP contribution is -2.14. The number of hydrogen-bond acceptors (Lipinski definition) is 5. The van der Waals surface area contributed by atoms with Crippen LogP contribution in [0.5, 0.6) is 0 Å². The fourth-order valence-electron chi connectivity index (χ4n) is 5.02. The molecule has 0 aliphatic carbocycles. The van der Waals surface area contributed by atoms with Crippen molar-refractivity contribution in [3.63, 3.8) is 0 Å². The summed E-state index contributed by atoms with van der Waals surface area (Å²) >= 11 is 0. The molecule has 7 aromatic rings. The number of amides is 1. The van der Waals surface area contributed by atoms with Gasteiger partial charge in [0.15, 0.2) is 5.82 Å². The minimum absolute atomic E-state index is 0.0906. The molecule has 1 amide bonds. The van der Waals surface area contributed by atoms with Gasteiger partial charge in [0.05, 0.1) is 41.1 Å². The molecule has 4 aromatic heterocycles. The van der Waals surface area contributed by atoms with E-state index >= 15 is 0 Å². The average Bonchev–Trinajstić information content (AvgIpc) is 3.62. The van der Waals surface area contributed by atoms with Crippen molar-refractivity contribution in [2.24, 2.45) is 0 Å². The molecule has 0 spiro atoms. The van der Waals surface area contributed by atoms with E-state index in [2.05, 4.69) is 67.7 Å². The highest BCUT2D eigenvalue weighted by Crippen LogP contribution is 2.33. The largest absolute Gasteiger partial charge is 0.335 e. The predicted molar refractivity (Wildman–Crippen MR) is 161 cm³/mol. The molecule has 3 aromatic carbocycles. The van der Waals surface area contributed by atoms with Crippen molar-refractivity contribution in [1.29, 1.82) is 0 Å². The number of pyridine rings is 2. The summed E-state index contributed by atoms with van der Waals surface area (Å²) in [6.07, 6.45) is 7.37. The van der Waals surface area contributed by atoms with Crippen LogP contribution in [-0.4, -0.2) is 36.0 Å². The molecule has 0 aliphatic heterocycles. The van der Waals surface area contributed by atoms with Gasteiger partial charge in [0.2, 0.25) is 5.91 Å². The van der Waals surface area contributed by atoms with E-state index in [0.717, 1.165) is 49.8 Å². The molecule has 198 valence electrons. The quantitative estimate of drug-likeness (QED) is 0.219. The molecule has 0 bridgehead atoms. The highest BCUT2D eigenvalue weighted by atomic mass is 16.1. The van der Waals surface area contributed by atoms with Crippen molar-refractivity contribution in [2.45, 2.75) is 13.3 Å². The maximum atomic E-state index is 12.6. The molecule has 0 saturated carbocycles. The minimum Gasteiger partial charge on any atom is -0.335 e. The van der Waals surface area contributed by atoms with Gasteiger partial charge in [0, 0.05) is 28.9 Å². The number of rotatable bonds is 6. The van der Waals surface area contributed by atoms with Gasteiger partial charge < -0.3 is 10.3 Å². The Morgan fingerprint density at radius 2 is 1.61 bits per heavy atom. The fraction of sp³-hybridized carbons (Fsp3) is 0.0606. The van der Waals surface area contributed by atoms with Crippen LogP contribution in [0.4, 0.5) is 5.69 Å². The van der Waals surface area contributed by atoms with E-state index in [0.29, 0.717) is 23.6 Å². The molecule has 0 fully saturated rings. The normalized spacial score (nSPS) is 11.2. The number of fused-ring (bicyclic) bond motifs is 2. The smallest absolute Gasteiger partial charge is 0.228 e. The molecule has 4 heterocycles. The third kappa shape index (κ3) is 4.83. The van der Waals surface area contributed by atoms with Crippen LogP contribution in [0.3, 0.4) is 0 Å². The summed E-state index contributed by atoms with van der Waals surface area (Å²) in [7, 11) is 0. The number of carbonyl (C=O) groups excluding carboxylic acids is 1. The minimum atomic E-state index is -0.0906. The number of nitrogens with one attached hydrogen (secondary N) is 3. The lowest BCUT2D eigenvalue weighted by Gasteiger charge is -2.08. The van der Waals surface area contributed by atoms with Gasteiger partial charge in [-0.25, -0.2) is 4.98 Å². The summed E-state index contributed by atoms with van der Waals surface area (Å²) in [6, 6.07) is 26.0. The second-order valence-electron chi connectivity index (χ2n) is 10.0. The highest BCUT2D eigenvalue weighted by Gasteiger charge is 2.16. The van der Waals surface area contributed by atoms with Crippen molar-refractivity contribution in [3.05, 3.63) is 115 Å². The second kappa shape index (κ2) is 10.2. The Kier molecular flexibility index (Phi) is 6.05. The third-order valence-corrected chi connectivity index (χ3v) is 7.11. The number of anilines is 1. The van der Waals surface area contributed by atoms with Gasteiger partial charge in [-0.2, -0.15) is 5.10 Å². The molecule has 8 heteroatoms. The molecule has 0 aliphatic rings. The van der Waals surface area contributed by atoms with E-state index in [-0.39, 0.29) is 5.91 Å². The van der Waals surface area contributed by atoms with Gasteiger partial charge in [0.1, 0.15) is 5.69 Å². The molecule has 3 N–H and O–H groups in total. The number of imidazole rings is 1. The van der Waals surface area contributed by atoms with Crippen molar-refractivity contribution in [1.82, 2.24) is 30.1 Å². The molecule has 41 heavy (non-hydrogen) atoms. The summed E-state index contributed by atoms with van der Waals surface area (Å²) in [5, 5.41) is 11.6. The van der Waals surface area contributed by atoms with Crippen LogP contribution in [0.1, 0.15) is 11.1 Å². The highest BCUT2D eigenvalue weighted by molar-refractivity contribution is 5.98. The zero-order chi connectivity index (χ0) is 27.8. The van der Waals surface area contributed by atoms with Crippen LogP contribution in [-0.2, 0) is 11.2 Å². The average molecular weight is 536 g/mol. The van der Waals surface area contributed by atoms with Crippen molar-refractivity contribution in [3.8, 4) is 33.8 Å². The first kappa shape index (κ1) is 24.4. The van der Waals surface area contributed by atoms with Gasteiger partial charge in [0.25, 0.3) is 0 Å². The molecule has 8 nitrogen and oxygen atoms in total. The van der Waals surface area contributed by atoms with Gasteiger partial charge in [-0.05, 0) is 41.8 Å². The third-order valence-electron chi connectivity index (χ3n) is 7.11. The van der Waals surface area contributed by atoms with E-state index in [1.165, 1.54) is 5.56 Å². The molecule has 0 saturated heterocycles. The topological polar surface area (TPSA) is 112 Å². The molecule has 7 rings (SSSR count). The van der Waals surface area contributed by atoms with E-state index < -0.39 is 0 Å². The molecular formula is C33H25N7O. The number of aromatic amines is 2. The Balaban J connectivity index is 1.21. The van der Waals surface area contributed by atoms with Gasteiger partial charge in [-0.1, -0.05) is 66.2 Å². The zero-order valence-electron chi connectivity index (χ0n) is 22.2. The van der Waals surface area contributed by atoms with Crippen LogP contribution in [0.2, 0.25) is 0 Å². The van der Waals surface area contributed by atoms with E-state index in [1.807, 2.05) is 54.7 Å². The summed E-state index contributed by atoms with van der Waals surface area (Å²) < 4.78 is 0. The van der Waals surface area contributed by atoms with E-state index in [9.17, 15) is 4.79 Å². The lowest BCUT2D eigenvalue weighted by atomic mass is 10.0. The SMILES string of the molecule is Cc1ccc(-c2cncc3[nH]c(-c4n[nH]c5ccc(-c6cncc(NC(=O)Cc7ccccc7)c6)cc45)nc23)cc1. The Bertz CT molecular complexity index is 2020. The van der Waals surface area contributed by atoms with Crippen molar-refractivity contribution >= 4 is 33.5 Å². The van der Waals surface area contributed by atoms with Crippen LogP contribution in [0, 0.1) is 6.92 Å². The van der Waals surface area contributed by atoms with Gasteiger partial charge >= 0.3 is 0 Å². The first-order chi connectivity index (χ1) is 20.1. The maximum Gasteiger partial charge on any atom is 0.228 e. The number of benzene rings is 3. The number of aromatic nitrogens is 6. The fourth-order valence-corrected chi connectivity index (χ4v) is 5.02. The van der Waals surface area contributed by atoms with Crippen molar-refractivity contribution in [2.75, 3.05) is 5.32 Å². The zero-order valence-corrected chi connectivity index (χ0v) is 22.2.